The topological polar surface area (TPSA) is 29.5 Å². The van der Waals surface area contributed by atoms with Crippen molar-refractivity contribution in [1.82, 2.24) is 0 Å². The average Bonchev–Trinajstić information content (AvgIpc) is 2.12. The summed E-state index contributed by atoms with van der Waals surface area (Å²) in [7, 11) is -1.70. The lowest BCUT2D eigenvalue weighted by Gasteiger charge is -2.39. The van der Waals surface area contributed by atoms with Crippen LogP contribution in [0.25, 0.3) is 0 Å². The Bertz CT molecular complexity index is 216. The van der Waals surface area contributed by atoms with Gasteiger partial charge in [0.2, 0.25) is 0 Å². The van der Waals surface area contributed by atoms with Crippen LogP contribution in [0.15, 0.2) is 12.2 Å². The van der Waals surface area contributed by atoms with Crippen molar-refractivity contribution in [2.75, 3.05) is 6.61 Å². The Morgan fingerprint density at radius 1 is 1.31 bits per heavy atom. The molecule has 0 aromatic carbocycles. The minimum Gasteiger partial charge on any atom is -0.414 e. The highest BCUT2D eigenvalue weighted by Gasteiger charge is 2.38. The normalized spacial score (nSPS) is 15.7. The Morgan fingerprint density at radius 3 is 2.25 bits per heavy atom. The van der Waals surface area contributed by atoms with Crippen LogP contribution < -0.4 is 0 Å². The van der Waals surface area contributed by atoms with Crippen molar-refractivity contribution in [3.8, 4) is 0 Å². The van der Waals surface area contributed by atoms with E-state index in [-0.39, 0.29) is 17.7 Å². The molecule has 0 aliphatic rings. The summed E-state index contributed by atoms with van der Waals surface area (Å²) in [5.74, 6) is 0. The molecule has 0 aliphatic heterocycles. The highest BCUT2D eigenvalue weighted by atomic mass is 28.4. The van der Waals surface area contributed by atoms with Crippen LogP contribution in [0, 0.1) is 0 Å². The van der Waals surface area contributed by atoms with E-state index in [1.165, 1.54) is 0 Å². The van der Waals surface area contributed by atoms with Crippen molar-refractivity contribution in [2.45, 2.75) is 64.8 Å². The maximum Gasteiger partial charge on any atom is 0.192 e. The molecule has 0 saturated heterocycles. The Labute approximate surface area is 102 Å². The molecule has 1 N–H and O–H groups in total. The first-order chi connectivity index (χ1) is 7.24. The Hall–Kier alpha value is -0.123. The summed E-state index contributed by atoms with van der Waals surface area (Å²) in [5, 5.41) is 9.28. The fourth-order valence-corrected chi connectivity index (χ4v) is 2.65. The fourth-order valence-electron chi connectivity index (χ4n) is 1.25. The second-order valence-electron chi connectivity index (χ2n) is 5.82. The van der Waals surface area contributed by atoms with Gasteiger partial charge in [-0.1, -0.05) is 32.9 Å². The minimum absolute atomic E-state index is 0.169. The number of aliphatic hydroxyl groups excluding tert-OH is 1. The molecule has 0 saturated carbocycles. The van der Waals surface area contributed by atoms with Gasteiger partial charge in [0.1, 0.15) is 0 Å². The zero-order valence-electron chi connectivity index (χ0n) is 11.7. The van der Waals surface area contributed by atoms with E-state index in [0.717, 1.165) is 12.8 Å². The summed E-state index contributed by atoms with van der Waals surface area (Å²) in [6.07, 6.45) is 5.97. The fraction of sp³-hybridized carbons (Fsp3) is 0.846. The van der Waals surface area contributed by atoms with Gasteiger partial charge in [-0.15, -0.1) is 0 Å². The quantitative estimate of drug-likeness (QED) is 0.570. The molecule has 0 fully saturated rings. The number of allylic oxidation sites excluding steroid dienone is 1. The minimum atomic E-state index is -1.70. The monoisotopic (exact) mass is 244 g/mol. The summed E-state index contributed by atoms with van der Waals surface area (Å²) in [5.41, 5.74) is 0. The Morgan fingerprint density at radius 2 is 1.88 bits per heavy atom. The molecular weight excluding hydrogens is 216 g/mol. The van der Waals surface area contributed by atoms with E-state index < -0.39 is 8.32 Å². The van der Waals surface area contributed by atoms with Gasteiger partial charge in [0.15, 0.2) is 8.32 Å². The number of hydrogen-bond acceptors (Lipinski definition) is 2. The standard InChI is InChI=1S/C13H28O2Si/c1-7-8-9-12(10-11-14)15-16(5,6)13(2,3)4/h7-8,12,14H,9-11H2,1-6H3/b8-7-/t12-/m0/s1. The zero-order chi connectivity index (χ0) is 12.8. The van der Waals surface area contributed by atoms with Gasteiger partial charge < -0.3 is 9.53 Å². The van der Waals surface area contributed by atoms with Crippen LogP contribution in [0.1, 0.15) is 40.5 Å². The van der Waals surface area contributed by atoms with E-state index in [1.807, 2.05) is 13.0 Å². The first kappa shape index (κ1) is 15.9. The third-order valence-corrected chi connectivity index (χ3v) is 7.89. The lowest BCUT2D eigenvalue weighted by molar-refractivity contribution is 0.142. The third kappa shape index (κ3) is 5.28. The molecule has 0 amide bonds. The molecule has 16 heavy (non-hydrogen) atoms. The number of hydrogen-bond donors (Lipinski definition) is 1. The molecule has 0 heterocycles. The van der Waals surface area contributed by atoms with Crippen molar-refractivity contribution in [3.05, 3.63) is 12.2 Å². The molecule has 2 nitrogen and oxygen atoms in total. The molecule has 0 spiro atoms. The van der Waals surface area contributed by atoms with E-state index in [1.54, 1.807) is 0 Å². The lowest BCUT2D eigenvalue weighted by atomic mass is 10.2. The molecule has 0 bridgehead atoms. The van der Waals surface area contributed by atoms with Crippen LogP contribution in [0.5, 0.6) is 0 Å². The van der Waals surface area contributed by atoms with Gasteiger partial charge in [0.25, 0.3) is 0 Å². The molecule has 0 aliphatic carbocycles. The molecule has 0 aromatic rings. The maximum absolute atomic E-state index is 9.05. The number of aliphatic hydroxyl groups is 1. The lowest BCUT2D eigenvalue weighted by Crippen LogP contribution is -2.44. The van der Waals surface area contributed by atoms with E-state index in [9.17, 15) is 0 Å². The van der Waals surface area contributed by atoms with Crippen molar-refractivity contribution < 1.29 is 9.53 Å². The maximum atomic E-state index is 9.05. The van der Waals surface area contributed by atoms with Gasteiger partial charge >= 0.3 is 0 Å². The zero-order valence-corrected chi connectivity index (χ0v) is 12.7. The van der Waals surface area contributed by atoms with Crippen LogP contribution >= 0.6 is 0 Å². The van der Waals surface area contributed by atoms with Gasteiger partial charge in [-0.2, -0.15) is 0 Å². The van der Waals surface area contributed by atoms with Crippen LogP contribution in [-0.4, -0.2) is 26.1 Å². The smallest absolute Gasteiger partial charge is 0.192 e. The van der Waals surface area contributed by atoms with Gasteiger partial charge in [0.05, 0.1) is 6.10 Å². The highest BCUT2D eigenvalue weighted by molar-refractivity contribution is 6.74. The average molecular weight is 244 g/mol. The van der Waals surface area contributed by atoms with Crippen LogP contribution in [-0.2, 0) is 4.43 Å². The second-order valence-corrected chi connectivity index (χ2v) is 10.6. The highest BCUT2D eigenvalue weighted by Crippen LogP contribution is 2.37. The summed E-state index contributed by atoms with van der Waals surface area (Å²) in [6.45, 7) is 13.5. The van der Waals surface area contributed by atoms with Crippen LogP contribution in [0.2, 0.25) is 18.1 Å². The second kappa shape index (κ2) is 6.57. The predicted octanol–water partition coefficient (Wildman–Crippen LogP) is 3.73. The Kier molecular flexibility index (Phi) is 6.52. The van der Waals surface area contributed by atoms with Gasteiger partial charge in [-0.25, -0.2) is 0 Å². The van der Waals surface area contributed by atoms with Crippen LogP contribution in [0.4, 0.5) is 0 Å². The molecular formula is C13H28O2Si. The molecule has 1 atom stereocenters. The Balaban J connectivity index is 4.48. The van der Waals surface area contributed by atoms with Crippen molar-refractivity contribution in [2.24, 2.45) is 0 Å². The summed E-state index contributed by atoms with van der Waals surface area (Å²) < 4.78 is 6.27. The molecule has 0 rings (SSSR count). The molecule has 0 radical (unpaired) electrons. The van der Waals surface area contributed by atoms with Crippen molar-refractivity contribution in [3.63, 3.8) is 0 Å². The first-order valence-corrected chi connectivity index (χ1v) is 9.05. The van der Waals surface area contributed by atoms with Crippen molar-refractivity contribution in [1.29, 1.82) is 0 Å². The first-order valence-electron chi connectivity index (χ1n) is 6.14. The molecule has 3 heteroatoms. The van der Waals surface area contributed by atoms with E-state index in [2.05, 4.69) is 39.9 Å². The van der Waals surface area contributed by atoms with Gasteiger partial charge in [0, 0.05) is 6.61 Å². The van der Waals surface area contributed by atoms with Crippen molar-refractivity contribution >= 4 is 8.32 Å². The third-order valence-electron chi connectivity index (χ3n) is 3.35. The van der Waals surface area contributed by atoms with Gasteiger partial charge in [-0.3, -0.25) is 0 Å². The largest absolute Gasteiger partial charge is 0.414 e. The van der Waals surface area contributed by atoms with Gasteiger partial charge in [-0.05, 0) is 37.9 Å². The predicted molar refractivity (Wildman–Crippen MR) is 73.2 cm³/mol. The molecule has 0 aromatic heterocycles. The van der Waals surface area contributed by atoms with E-state index in [0.29, 0.717) is 0 Å². The molecule has 0 unspecified atom stereocenters. The van der Waals surface area contributed by atoms with E-state index >= 15 is 0 Å². The summed E-state index contributed by atoms with van der Waals surface area (Å²) in [6, 6.07) is 0. The van der Waals surface area contributed by atoms with Crippen LogP contribution in [0.3, 0.4) is 0 Å². The SMILES string of the molecule is C/C=C\C[C@@H](CCO)O[Si](C)(C)C(C)(C)C. The van der Waals surface area contributed by atoms with E-state index in [4.69, 9.17) is 9.53 Å². The molecule has 96 valence electrons. The summed E-state index contributed by atoms with van der Waals surface area (Å²) in [4.78, 5) is 0. The number of rotatable bonds is 6. The summed E-state index contributed by atoms with van der Waals surface area (Å²) >= 11 is 0.